The van der Waals surface area contributed by atoms with Crippen molar-refractivity contribution in [3.05, 3.63) is 29.3 Å². The van der Waals surface area contributed by atoms with Gasteiger partial charge in [0.05, 0.1) is 5.56 Å². The Kier molecular flexibility index (Phi) is 3.54. The van der Waals surface area contributed by atoms with Gasteiger partial charge in [0.2, 0.25) is 0 Å². The highest BCUT2D eigenvalue weighted by atomic mass is 32.2. The molecule has 86 valence electrons. The van der Waals surface area contributed by atoms with Crippen molar-refractivity contribution >= 4 is 17.7 Å². The quantitative estimate of drug-likeness (QED) is 0.869. The molecular formula is C13H16O2S. The molecule has 3 heteroatoms. The third-order valence-electron chi connectivity index (χ3n) is 3.02. The Balaban J connectivity index is 2.12. The highest BCUT2D eigenvalue weighted by molar-refractivity contribution is 8.00. The summed E-state index contributed by atoms with van der Waals surface area (Å²) in [6.45, 7) is 1.99. The van der Waals surface area contributed by atoms with Gasteiger partial charge in [-0.05, 0) is 43.5 Å². The van der Waals surface area contributed by atoms with Crippen LogP contribution in [0.3, 0.4) is 0 Å². The largest absolute Gasteiger partial charge is 0.478 e. The van der Waals surface area contributed by atoms with E-state index < -0.39 is 5.97 Å². The molecule has 0 radical (unpaired) electrons. The molecule has 1 saturated carbocycles. The van der Waals surface area contributed by atoms with Gasteiger partial charge < -0.3 is 5.11 Å². The number of thioether (sulfide) groups is 1. The number of hydrogen-bond acceptors (Lipinski definition) is 2. The van der Waals surface area contributed by atoms with E-state index in [9.17, 15) is 4.79 Å². The Labute approximate surface area is 100 Å². The van der Waals surface area contributed by atoms with Gasteiger partial charge in [0.15, 0.2) is 0 Å². The van der Waals surface area contributed by atoms with Gasteiger partial charge in [-0.3, -0.25) is 0 Å². The molecule has 0 atom stereocenters. The summed E-state index contributed by atoms with van der Waals surface area (Å²) in [4.78, 5) is 12.0. The molecule has 0 heterocycles. The van der Waals surface area contributed by atoms with Gasteiger partial charge in [-0.2, -0.15) is 0 Å². The van der Waals surface area contributed by atoms with E-state index in [1.54, 1.807) is 12.1 Å². The summed E-state index contributed by atoms with van der Waals surface area (Å²) < 4.78 is 0. The number of carboxylic acid groups (broad SMARTS) is 1. The number of rotatable bonds is 3. The maximum Gasteiger partial charge on any atom is 0.335 e. The minimum absolute atomic E-state index is 0.383. The van der Waals surface area contributed by atoms with Crippen LogP contribution >= 0.6 is 11.8 Å². The second kappa shape index (κ2) is 4.91. The second-order valence-electron chi connectivity index (χ2n) is 4.31. The number of carboxylic acids is 1. The number of carbonyl (C=O) groups is 1. The maximum atomic E-state index is 10.8. The molecule has 1 fully saturated rings. The number of aromatic carboxylic acids is 1. The maximum absolute atomic E-state index is 10.8. The minimum atomic E-state index is -0.847. The molecule has 1 aromatic carbocycles. The lowest BCUT2D eigenvalue weighted by atomic mass is 10.1. The Morgan fingerprint density at radius 2 is 2.06 bits per heavy atom. The molecule has 2 rings (SSSR count). The predicted octanol–water partition coefficient (Wildman–Crippen LogP) is 3.73. The van der Waals surface area contributed by atoms with Gasteiger partial charge in [0.25, 0.3) is 0 Å². The SMILES string of the molecule is Cc1cc(C(=O)O)ccc1SC1CCCC1. The molecular weight excluding hydrogens is 220 g/mol. The molecule has 0 bridgehead atoms. The fourth-order valence-corrected chi connectivity index (χ4v) is 3.42. The smallest absolute Gasteiger partial charge is 0.335 e. The zero-order chi connectivity index (χ0) is 11.5. The fraction of sp³-hybridized carbons (Fsp3) is 0.462. The molecule has 1 aliphatic rings. The molecule has 2 nitrogen and oxygen atoms in total. The monoisotopic (exact) mass is 236 g/mol. The summed E-state index contributed by atoms with van der Waals surface area (Å²) in [7, 11) is 0. The van der Waals surface area contributed by atoms with Gasteiger partial charge in [-0.15, -0.1) is 11.8 Å². The minimum Gasteiger partial charge on any atom is -0.478 e. The highest BCUT2D eigenvalue weighted by Crippen LogP contribution is 2.36. The summed E-state index contributed by atoms with van der Waals surface area (Å²) in [5.74, 6) is -0.847. The van der Waals surface area contributed by atoms with Crippen molar-refractivity contribution in [1.82, 2.24) is 0 Å². The van der Waals surface area contributed by atoms with Crippen LogP contribution in [-0.4, -0.2) is 16.3 Å². The average molecular weight is 236 g/mol. The van der Waals surface area contributed by atoms with E-state index in [2.05, 4.69) is 0 Å². The Hall–Kier alpha value is -0.960. The van der Waals surface area contributed by atoms with Gasteiger partial charge >= 0.3 is 5.97 Å². The van der Waals surface area contributed by atoms with Crippen LogP contribution in [-0.2, 0) is 0 Å². The normalized spacial score (nSPS) is 16.6. The summed E-state index contributed by atoms with van der Waals surface area (Å²) in [6, 6.07) is 5.41. The van der Waals surface area contributed by atoms with Gasteiger partial charge in [-0.25, -0.2) is 4.79 Å². The van der Waals surface area contributed by atoms with Crippen molar-refractivity contribution in [2.24, 2.45) is 0 Å². The fourth-order valence-electron chi connectivity index (χ4n) is 2.10. The molecule has 0 amide bonds. The van der Waals surface area contributed by atoms with Crippen molar-refractivity contribution in [3.8, 4) is 0 Å². The lowest BCUT2D eigenvalue weighted by molar-refractivity contribution is 0.0696. The molecule has 16 heavy (non-hydrogen) atoms. The van der Waals surface area contributed by atoms with Crippen molar-refractivity contribution in [1.29, 1.82) is 0 Å². The summed E-state index contributed by atoms with van der Waals surface area (Å²) in [6.07, 6.45) is 5.27. The van der Waals surface area contributed by atoms with Crippen LogP contribution in [0, 0.1) is 6.92 Å². The topological polar surface area (TPSA) is 37.3 Å². The lowest BCUT2D eigenvalue weighted by Gasteiger charge is -2.11. The second-order valence-corrected chi connectivity index (χ2v) is 5.65. The zero-order valence-electron chi connectivity index (χ0n) is 9.40. The van der Waals surface area contributed by atoms with E-state index in [0.717, 1.165) is 10.8 Å². The van der Waals surface area contributed by atoms with Crippen LogP contribution < -0.4 is 0 Å². The molecule has 0 saturated heterocycles. The Bertz CT molecular complexity index is 395. The third-order valence-corrected chi connectivity index (χ3v) is 4.53. The first-order valence-electron chi connectivity index (χ1n) is 5.67. The van der Waals surface area contributed by atoms with Gasteiger partial charge in [0, 0.05) is 10.1 Å². The van der Waals surface area contributed by atoms with Crippen molar-refractivity contribution in [2.75, 3.05) is 0 Å². The highest BCUT2D eigenvalue weighted by Gasteiger charge is 2.17. The van der Waals surface area contributed by atoms with Crippen LogP contribution in [0.2, 0.25) is 0 Å². The van der Waals surface area contributed by atoms with E-state index in [1.165, 1.54) is 30.6 Å². The summed E-state index contributed by atoms with van der Waals surface area (Å²) >= 11 is 1.91. The number of hydrogen-bond donors (Lipinski definition) is 1. The third kappa shape index (κ3) is 2.59. The van der Waals surface area contributed by atoms with Crippen LogP contribution in [0.5, 0.6) is 0 Å². The summed E-state index contributed by atoms with van der Waals surface area (Å²) in [5, 5.41) is 9.61. The van der Waals surface area contributed by atoms with Gasteiger partial charge in [-0.1, -0.05) is 12.8 Å². The molecule has 0 unspecified atom stereocenters. The van der Waals surface area contributed by atoms with Crippen LogP contribution in [0.1, 0.15) is 41.6 Å². The van der Waals surface area contributed by atoms with Crippen LogP contribution in [0.15, 0.2) is 23.1 Å². The molecule has 1 N–H and O–H groups in total. The van der Waals surface area contributed by atoms with Gasteiger partial charge in [0.1, 0.15) is 0 Å². The van der Waals surface area contributed by atoms with Crippen molar-refractivity contribution < 1.29 is 9.90 Å². The zero-order valence-corrected chi connectivity index (χ0v) is 10.2. The molecule has 0 spiro atoms. The predicted molar refractivity (Wildman–Crippen MR) is 66.3 cm³/mol. The molecule has 0 aliphatic heterocycles. The first kappa shape index (κ1) is 11.5. The molecule has 1 aromatic rings. The Morgan fingerprint density at radius 3 is 2.62 bits per heavy atom. The summed E-state index contributed by atoms with van der Waals surface area (Å²) in [5.41, 5.74) is 1.46. The first-order chi connectivity index (χ1) is 7.66. The average Bonchev–Trinajstić information content (AvgIpc) is 2.73. The lowest BCUT2D eigenvalue weighted by Crippen LogP contribution is -1.99. The van der Waals surface area contributed by atoms with E-state index >= 15 is 0 Å². The van der Waals surface area contributed by atoms with E-state index in [4.69, 9.17) is 5.11 Å². The van der Waals surface area contributed by atoms with Crippen molar-refractivity contribution in [2.45, 2.75) is 42.8 Å². The standard InChI is InChI=1S/C13H16O2S/c1-9-8-10(13(14)15)6-7-12(9)16-11-4-2-3-5-11/h6-8,11H,2-5H2,1H3,(H,14,15). The first-order valence-corrected chi connectivity index (χ1v) is 6.55. The number of benzene rings is 1. The van der Waals surface area contributed by atoms with E-state index in [0.29, 0.717) is 5.56 Å². The molecule has 1 aliphatic carbocycles. The van der Waals surface area contributed by atoms with Crippen LogP contribution in [0.25, 0.3) is 0 Å². The number of aryl methyl sites for hydroxylation is 1. The Morgan fingerprint density at radius 1 is 1.38 bits per heavy atom. The van der Waals surface area contributed by atoms with E-state index in [1.807, 2.05) is 24.8 Å². The van der Waals surface area contributed by atoms with Crippen LogP contribution in [0.4, 0.5) is 0 Å². The van der Waals surface area contributed by atoms with Crippen molar-refractivity contribution in [3.63, 3.8) is 0 Å². The molecule has 0 aromatic heterocycles. The van der Waals surface area contributed by atoms with E-state index in [-0.39, 0.29) is 0 Å².